The normalized spacial score (nSPS) is 23.7. The summed E-state index contributed by atoms with van der Waals surface area (Å²) < 4.78 is 10.5. The molecule has 126 valence electrons. The molecule has 1 rings (SSSR count). The van der Waals surface area contributed by atoms with Crippen molar-refractivity contribution in [2.45, 2.75) is 44.8 Å². The first-order chi connectivity index (χ1) is 10.2. The van der Waals surface area contributed by atoms with Gasteiger partial charge in [-0.15, -0.1) is 0 Å². The van der Waals surface area contributed by atoms with Crippen molar-refractivity contribution in [2.75, 3.05) is 25.7 Å². The zero-order valence-corrected chi connectivity index (χ0v) is 16.2. The van der Waals surface area contributed by atoms with Crippen LogP contribution in [0.15, 0.2) is 10.6 Å². The van der Waals surface area contributed by atoms with Crippen molar-refractivity contribution in [1.82, 2.24) is 4.90 Å². The van der Waals surface area contributed by atoms with Crippen molar-refractivity contribution in [3.05, 3.63) is 10.6 Å². The Bertz CT molecular complexity index is 461. The summed E-state index contributed by atoms with van der Waals surface area (Å²) in [6.45, 7) is 5.87. The van der Waals surface area contributed by atoms with Crippen LogP contribution in [0, 0.1) is 0 Å². The maximum absolute atomic E-state index is 12.6. The van der Waals surface area contributed by atoms with Crippen LogP contribution in [-0.2, 0) is 14.3 Å². The third kappa shape index (κ3) is 3.98. The molecule has 22 heavy (non-hydrogen) atoms. The average Bonchev–Trinajstić information content (AvgIpc) is 2.81. The number of nitrogens with zero attached hydrogens (tertiary/aromatic N) is 1. The number of ether oxygens (including phenoxy) is 2. The van der Waals surface area contributed by atoms with Gasteiger partial charge in [-0.25, -0.2) is 9.59 Å². The number of methoxy groups -OCH3 is 1. The van der Waals surface area contributed by atoms with Crippen molar-refractivity contribution < 1.29 is 19.1 Å². The van der Waals surface area contributed by atoms with E-state index in [-0.39, 0.29) is 0 Å². The Morgan fingerprint density at radius 2 is 2.09 bits per heavy atom. The van der Waals surface area contributed by atoms with Gasteiger partial charge in [-0.3, -0.25) is 4.90 Å². The van der Waals surface area contributed by atoms with E-state index in [0.717, 1.165) is 11.3 Å². The summed E-state index contributed by atoms with van der Waals surface area (Å²) >= 11 is 4.95. The van der Waals surface area contributed by atoms with Gasteiger partial charge in [0.1, 0.15) is 5.60 Å². The fraction of sp³-hybridized carbons (Fsp3) is 0.733. The second-order valence-electron chi connectivity index (χ2n) is 6.11. The van der Waals surface area contributed by atoms with Crippen LogP contribution in [0.2, 0.25) is 0 Å². The Labute approximate surface area is 144 Å². The second kappa shape index (κ2) is 7.73. The van der Waals surface area contributed by atoms with Crippen molar-refractivity contribution in [3.8, 4) is 0 Å². The number of likely N-dealkylation sites (tertiary alicyclic amines) is 1. The first-order valence-corrected chi connectivity index (χ1v) is 9.41. The summed E-state index contributed by atoms with van der Waals surface area (Å²) in [5.41, 5.74) is -0.845. The lowest BCUT2D eigenvalue weighted by atomic mass is 9.88. The first kappa shape index (κ1) is 19.4. The largest absolute Gasteiger partial charge is 0.467 e. The molecule has 0 saturated carbocycles. The molecule has 0 radical (unpaired) electrons. The van der Waals surface area contributed by atoms with Crippen LogP contribution in [0.25, 0.3) is 0 Å². The van der Waals surface area contributed by atoms with Crippen LogP contribution < -0.4 is 0 Å². The maximum Gasteiger partial charge on any atom is 0.411 e. The van der Waals surface area contributed by atoms with Crippen LogP contribution in [-0.4, -0.2) is 53.8 Å². The molecule has 0 aromatic carbocycles. The highest BCUT2D eigenvalue weighted by molar-refractivity contribution is 9.11. The summed E-state index contributed by atoms with van der Waals surface area (Å²) in [5, 5.41) is 0. The fourth-order valence-electron chi connectivity index (χ4n) is 2.57. The number of carbonyl (C=O) groups is 2. The van der Waals surface area contributed by atoms with E-state index in [1.54, 1.807) is 16.7 Å². The Balaban J connectivity index is 3.23. The lowest BCUT2D eigenvalue weighted by Gasteiger charge is -2.37. The van der Waals surface area contributed by atoms with Crippen molar-refractivity contribution in [1.29, 1.82) is 0 Å². The third-order valence-corrected chi connectivity index (χ3v) is 4.70. The molecule has 0 N–H and O–H groups in total. The Morgan fingerprint density at radius 3 is 2.55 bits per heavy atom. The Kier molecular flexibility index (Phi) is 6.80. The molecule has 0 unspecified atom stereocenters. The van der Waals surface area contributed by atoms with E-state index < -0.39 is 23.2 Å². The van der Waals surface area contributed by atoms with Gasteiger partial charge in [0.25, 0.3) is 0 Å². The van der Waals surface area contributed by atoms with Gasteiger partial charge < -0.3 is 9.47 Å². The lowest BCUT2D eigenvalue weighted by Crippen LogP contribution is -2.56. The van der Waals surface area contributed by atoms with Crippen LogP contribution in [0.1, 0.15) is 33.6 Å². The molecule has 0 bridgehead atoms. The van der Waals surface area contributed by atoms with Crippen molar-refractivity contribution >= 4 is 39.8 Å². The lowest BCUT2D eigenvalue weighted by molar-refractivity contribution is -0.151. The number of halogens is 1. The minimum atomic E-state index is -1.08. The van der Waals surface area contributed by atoms with Crippen LogP contribution in [0.3, 0.4) is 0 Å². The molecule has 1 saturated heterocycles. The number of hydrogen-bond donors (Lipinski definition) is 0. The minimum Gasteiger partial charge on any atom is -0.467 e. The zero-order chi connectivity index (χ0) is 17.0. The predicted octanol–water partition coefficient (Wildman–Crippen LogP) is 3.57. The molecule has 1 heterocycles. The molecule has 7 heteroatoms. The number of rotatable bonds is 4. The monoisotopic (exact) mass is 393 g/mol. The number of thioether (sulfide) groups is 1. The van der Waals surface area contributed by atoms with E-state index in [2.05, 4.69) is 15.9 Å². The van der Waals surface area contributed by atoms with E-state index in [0.29, 0.717) is 19.4 Å². The molecule has 5 nitrogen and oxygen atoms in total. The highest BCUT2D eigenvalue weighted by Gasteiger charge is 2.54. The summed E-state index contributed by atoms with van der Waals surface area (Å²) in [5.74, 6) is 0.314. The molecule has 1 amide bonds. The Morgan fingerprint density at radius 1 is 1.45 bits per heavy atom. The molecule has 0 spiro atoms. The average molecular weight is 394 g/mol. The van der Waals surface area contributed by atoms with Gasteiger partial charge in [0.2, 0.25) is 0 Å². The number of amides is 1. The third-order valence-electron chi connectivity index (χ3n) is 3.53. The van der Waals surface area contributed by atoms with Gasteiger partial charge in [-0.1, -0.05) is 15.9 Å². The molecule has 0 aromatic rings. The smallest absolute Gasteiger partial charge is 0.411 e. The molecule has 1 atom stereocenters. The summed E-state index contributed by atoms with van der Waals surface area (Å²) in [4.78, 5) is 28.4. The maximum atomic E-state index is 12.6. The van der Waals surface area contributed by atoms with Gasteiger partial charge >= 0.3 is 12.1 Å². The molecular formula is C15H24BrNO4S. The number of carbonyl (C=O) groups excluding carboxylic acids is 2. The van der Waals surface area contributed by atoms with Gasteiger partial charge in [0, 0.05) is 6.54 Å². The van der Waals surface area contributed by atoms with E-state index in [1.807, 2.05) is 27.0 Å². The van der Waals surface area contributed by atoms with Crippen LogP contribution in [0.4, 0.5) is 4.79 Å². The predicted molar refractivity (Wildman–Crippen MR) is 92.3 cm³/mol. The fourth-order valence-corrected chi connectivity index (χ4v) is 3.68. The molecule has 1 fully saturated rings. The van der Waals surface area contributed by atoms with Gasteiger partial charge in [-0.05, 0) is 56.2 Å². The highest BCUT2D eigenvalue weighted by Crippen LogP contribution is 2.40. The molecular weight excluding hydrogens is 370 g/mol. The first-order valence-electron chi connectivity index (χ1n) is 7.10. The summed E-state index contributed by atoms with van der Waals surface area (Å²) in [6.07, 6.45) is 2.60. The molecule has 1 aliphatic rings. The summed E-state index contributed by atoms with van der Waals surface area (Å²) in [6, 6.07) is 0. The molecule has 1 aliphatic heterocycles. The van der Waals surface area contributed by atoms with E-state index >= 15 is 0 Å². The van der Waals surface area contributed by atoms with Gasteiger partial charge in [0.15, 0.2) is 5.54 Å². The quantitative estimate of drug-likeness (QED) is 0.683. The van der Waals surface area contributed by atoms with Crippen LogP contribution in [0.5, 0.6) is 0 Å². The molecule has 0 aromatic heterocycles. The summed E-state index contributed by atoms with van der Waals surface area (Å²) in [7, 11) is 1.35. The topological polar surface area (TPSA) is 55.8 Å². The number of hydrogen-bond acceptors (Lipinski definition) is 5. The SMILES string of the molecule is COC(=O)[C@@]1(CCSC)/C(=C\Br)CCN1C(=O)OC(C)(C)C. The van der Waals surface area contributed by atoms with E-state index in [4.69, 9.17) is 9.47 Å². The standard InChI is InChI=1S/C15H24BrNO4S/c1-14(2,3)21-13(19)17-8-6-11(10-16)15(17,7-9-22-5)12(18)20-4/h10H,6-9H2,1-5H3/b11-10-/t15-/m1/s1. The second-order valence-corrected chi connectivity index (χ2v) is 7.55. The zero-order valence-electron chi connectivity index (χ0n) is 13.8. The number of esters is 1. The Hall–Kier alpha value is -0.690. The molecule has 0 aliphatic carbocycles. The van der Waals surface area contributed by atoms with E-state index in [9.17, 15) is 9.59 Å². The van der Waals surface area contributed by atoms with Gasteiger partial charge in [-0.2, -0.15) is 11.8 Å². The van der Waals surface area contributed by atoms with Crippen molar-refractivity contribution in [2.24, 2.45) is 0 Å². The van der Waals surface area contributed by atoms with Crippen LogP contribution >= 0.6 is 27.7 Å². The van der Waals surface area contributed by atoms with E-state index in [1.165, 1.54) is 12.0 Å². The highest BCUT2D eigenvalue weighted by atomic mass is 79.9. The minimum absolute atomic E-state index is 0.421. The van der Waals surface area contributed by atoms with Crippen molar-refractivity contribution in [3.63, 3.8) is 0 Å². The van der Waals surface area contributed by atoms with Gasteiger partial charge in [0.05, 0.1) is 7.11 Å².